The average Bonchev–Trinajstić information content (AvgIpc) is 3.69. The third kappa shape index (κ3) is 5.00. The highest BCUT2D eigenvalue weighted by Crippen LogP contribution is 2.41. The lowest BCUT2D eigenvalue weighted by molar-refractivity contribution is 0.282. The fourth-order valence-corrected chi connectivity index (χ4v) is 6.20. The second-order valence-corrected chi connectivity index (χ2v) is 12.3. The number of rotatable bonds is 7. The molecule has 2 aromatic carbocycles. The van der Waals surface area contributed by atoms with Gasteiger partial charge in [0.1, 0.15) is 16.7 Å². The predicted octanol–water partition coefficient (Wildman–Crippen LogP) is 3.27. The van der Waals surface area contributed by atoms with Gasteiger partial charge >= 0.3 is 0 Å². The number of sulfone groups is 1. The predicted molar refractivity (Wildman–Crippen MR) is 152 cm³/mol. The number of nitrogen functional groups attached to an aromatic ring is 1. The lowest BCUT2D eigenvalue weighted by Crippen LogP contribution is -2.20. The number of hydrogen-bond acceptors (Lipinski definition) is 8. The number of aryl methyl sites for hydroxylation is 1. The summed E-state index contributed by atoms with van der Waals surface area (Å²) in [6.07, 6.45) is 6.60. The largest absolute Gasteiger partial charge is 0.392 e. The molecule has 1 saturated carbocycles. The first kappa shape index (κ1) is 26.8. The van der Waals surface area contributed by atoms with Crippen LogP contribution in [0.5, 0.6) is 0 Å². The van der Waals surface area contributed by atoms with Crippen molar-refractivity contribution >= 4 is 26.6 Å². The summed E-state index contributed by atoms with van der Waals surface area (Å²) < 4.78 is 42.0. The minimum Gasteiger partial charge on any atom is -0.392 e. The van der Waals surface area contributed by atoms with Crippen molar-refractivity contribution in [3.8, 4) is 17.1 Å². The number of hydrogen-bond donors (Lipinski definition) is 2. The van der Waals surface area contributed by atoms with Crippen molar-refractivity contribution in [2.45, 2.75) is 36.8 Å². The summed E-state index contributed by atoms with van der Waals surface area (Å²) in [5.74, 6) is 0.182. The van der Waals surface area contributed by atoms with E-state index in [-0.39, 0.29) is 28.6 Å². The van der Waals surface area contributed by atoms with Crippen LogP contribution in [-0.4, -0.2) is 43.9 Å². The van der Waals surface area contributed by atoms with Crippen LogP contribution in [0.2, 0.25) is 0 Å². The zero-order chi connectivity index (χ0) is 29.1. The zero-order valence-corrected chi connectivity index (χ0v) is 23.2. The molecule has 41 heavy (non-hydrogen) atoms. The monoisotopic (exact) mass is 574 g/mol. The van der Waals surface area contributed by atoms with Gasteiger partial charge in [-0.1, -0.05) is 18.2 Å². The highest BCUT2D eigenvalue weighted by atomic mass is 32.2. The molecule has 0 atom stereocenters. The summed E-state index contributed by atoms with van der Waals surface area (Å²) in [5.41, 5.74) is 8.15. The Hall–Kier alpha value is -4.42. The van der Waals surface area contributed by atoms with Gasteiger partial charge in [0.2, 0.25) is 5.95 Å². The number of nitrogens with two attached hydrogens (primary N) is 1. The van der Waals surface area contributed by atoms with E-state index in [1.165, 1.54) is 15.2 Å². The molecule has 3 N–H and O–H groups in total. The minimum atomic E-state index is -3.42. The summed E-state index contributed by atoms with van der Waals surface area (Å²) in [7, 11) is -1.78. The van der Waals surface area contributed by atoms with Gasteiger partial charge in [-0.2, -0.15) is 9.97 Å². The van der Waals surface area contributed by atoms with Gasteiger partial charge in [0.25, 0.3) is 5.56 Å². The maximum Gasteiger partial charge on any atom is 0.265 e. The van der Waals surface area contributed by atoms with Crippen LogP contribution in [0, 0.1) is 5.82 Å². The molecule has 6 rings (SSSR count). The lowest BCUT2D eigenvalue weighted by atomic mass is 10.0. The Morgan fingerprint density at radius 1 is 1.12 bits per heavy atom. The number of aliphatic hydroxyl groups excluding tert-OH is 1. The number of benzene rings is 2. The number of pyridine rings is 1. The van der Waals surface area contributed by atoms with Crippen molar-refractivity contribution in [2.24, 2.45) is 7.05 Å². The van der Waals surface area contributed by atoms with Gasteiger partial charge in [-0.3, -0.25) is 9.36 Å². The first-order valence-electron chi connectivity index (χ1n) is 13.0. The number of halogens is 1. The second kappa shape index (κ2) is 9.89. The molecule has 1 aliphatic carbocycles. The quantitative estimate of drug-likeness (QED) is 0.301. The van der Waals surface area contributed by atoms with Crippen LogP contribution in [0.25, 0.3) is 27.8 Å². The van der Waals surface area contributed by atoms with Crippen LogP contribution in [0.3, 0.4) is 0 Å². The molecular formula is C29H27FN6O4S. The van der Waals surface area contributed by atoms with Crippen molar-refractivity contribution in [3.63, 3.8) is 0 Å². The van der Waals surface area contributed by atoms with E-state index in [0.29, 0.717) is 39.5 Å². The molecule has 1 fully saturated rings. The van der Waals surface area contributed by atoms with Gasteiger partial charge in [0, 0.05) is 43.2 Å². The fraction of sp³-hybridized carbons (Fsp3) is 0.241. The third-order valence-electron chi connectivity index (χ3n) is 7.29. The van der Waals surface area contributed by atoms with Gasteiger partial charge in [-0.25, -0.2) is 17.8 Å². The van der Waals surface area contributed by atoms with Crippen molar-refractivity contribution in [1.82, 2.24) is 24.1 Å². The van der Waals surface area contributed by atoms with E-state index in [1.807, 2.05) is 6.07 Å². The minimum absolute atomic E-state index is 0.0193. The number of aliphatic hydroxyl groups is 1. The molecule has 0 amide bonds. The third-order valence-corrected chi connectivity index (χ3v) is 8.46. The van der Waals surface area contributed by atoms with Crippen LogP contribution < -0.4 is 11.3 Å². The van der Waals surface area contributed by atoms with E-state index in [2.05, 4.69) is 15.0 Å². The SMILES string of the molecule is Cn1cc(Cc2nc(N)nc(-c3cccc(-n4ccc5cc(C6CC6)cc(F)c5c4=O)c3CO)n2)cc1S(C)(=O)=O. The molecule has 3 aromatic heterocycles. The molecule has 5 aromatic rings. The van der Waals surface area contributed by atoms with E-state index in [4.69, 9.17) is 5.73 Å². The Morgan fingerprint density at radius 2 is 1.90 bits per heavy atom. The van der Waals surface area contributed by atoms with Crippen LogP contribution in [-0.2, 0) is 29.9 Å². The van der Waals surface area contributed by atoms with E-state index < -0.39 is 27.8 Å². The fourth-order valence-electron chi connectivity index (χ4n) is 5.26. The first-order valence-corrected chi connectivity index (χ1v) is 14.9. The van der Waals surface area contributed by atoms with Crippen molar-refractivity contribution < 1.29 is 17.9 Å². The molecule has 10 nitrogen and oxygen atoms in total. The number of nitrogens with zero attached hydrogens (tertiary/aromatic N) is 5. The molecule has 0 spiro atoms. The Morgan fingerprint density at radius 3 is 2.59 bits per heavy atom. The molecule has 0 radical (unpaired) electrons. The standard InChI is InChI=1S/C29H27FN6O4S/c1-35-14-16(11-25(35)41(2,39)40)10-24-32-27(34-29(31)33-24)20-4-3-5-23(21(20)15-37)36-9-8-18-12-19(17-6-7-17)13-22(30)26(18)28(36)38/h3-5,8-9,11-14,17,37H,6-7,10,15H2,1-2H3,(H2,31,32,33,34). The van der Waals surface area contributed by atoms with E-state index in [1.54, 1.807) is 49.8 Å². The summed E-state index contributed by atoms with van der Waals surface area (Å²) in [4.78, 5) is 26.5. The van der Waals surface area contributed by atoms with Gasteiger partial charge in [0.15, 0.2) is 15.7 Å². The van der Waals surface area contributed by atoms with Crippen LogP contribution in [0.4, 0.5) is 10.3 Å². The van der Waals surface area contributed by atoms with Crippen LogP contribution >= 0.6 is 0 Å². The second-order valence-electron chi connectivity index (χ2n) is 10.4. The lowest BCUT2D eigenvalue weighted by Gasteiger charge is -2.15. The molecule has 0 aliphatic heterocycles. The van der Waals surface area contributed by atoms with Crippen LogP contribution in [0.1, 0.15) is 41.3 Å². The number of fused-ring (bicyclic) bond motifs is 1. The maximum absolute atomic E-state index is 15.1. The van der Waals surface area contributed by atoms with E-state index in [9.17, 15) is 18.3 Å². The summed E-state index contributed by atoms with van der Waals surface area (Å²) in [6, 6.07) is 11.6. The van der Waals surface area contributed by atoms with E-state index in [0.717, 1.165) is 24.7 Å². The topological polar surface area (TPSA) is 146 Å². The average molecular weight is 575 g/mol. The van der Waals surface area contributed by atoms with Crippen LogP contribution in [0.15, 0.2) is 64.7 Å². The van der Waals surface area contributed by atoms with E-state index >= 15 is 4.39 Å². The zero-order valence-electron chi connectivity index (χ0n) is 22.4. The number of anilines is 1. The molecule has 1 aliphatic rings. The Bertz CT molecular complexity index is 2010. The maximum atomic E-state index is 15.1. The Labute approximate surface area is 234 Å². The van der Waals surface area contributed by atoms with Crippen molar-refractivity contribution in [2.75, 3.05) is 12.0 Å². The summed E-state index contributed by atoms with van der Waals surface area (Å²) in [6.45, 7) is -0.462. The highest BCUT2D eigenvalue weighted by Gasteiger charge is 2.25. The molecule has 12 heteroatoms. The molecule has 3 heterocycles. The van der Waals surface area contributed by atoms with Crippen molar-refractivity contribution in [3.05, 3.63) is 93.5 Å². The van der Waals surface area contributed by atoms with Gasteiger partial charge in [0.05, 0.1) is 17.7 Å². The summed E-state index contributed by atoms with van der Waals surface area (Å²) in [5, 5.41) is 11.1. The summed E-state index contributed by atoms with van der Waals surface area (Å²) >= 11 is 0. The number of aromatic nitrogens is 5. The molecule has 210 valence electrons. The van der Waals surface area contributed by atoms with Gasteiger partial charge < -0.3 is 15.4 Å². The molecule has 0 unspecified atom stereocenters. The Balaban J connectivity index is 1.42. The molecule has 0 bridgehead atoms. The normalized spacial score (nSPS) is 13.7. The van der Waals surface area contributed by atoms with Gasteiger partial charge in [-0.05, 0) is 59.5 Å². The Kier molecular flexibility index (Phi) is 6.46. The van der Waals surface area contributed by atoms with Crippen molar-refractivity contribution in [1.29, 1.82) is 0 Å². The highest BCUT2D eigenvalue weighted by molar-refractivity contribution is 7.90. The molecular weight excluding hydrogens is 547 g/mol. The smallest absolute Gasteiger partial charge is 0.265 e. The molecule has 0 saturated heterocycles. The van der Waals surface area contributed by atoms with Gasteiger partial charge in [-0.15, -0.1) is 0 Å². The first-order chi connectivity index (χ1) is 19.5.